The largest absolute Gasteiger partial charge is 0.442 e. The summed E-state index contributed by atoms with van der Waals surface area (Å²) in [4.78, 5) is 11.6. The smallest absolute Gasteiger partial charge is 0.379 e. The molecule has 0 amide bonds. The fourth-order valence-corrected chi connectivity index (χ4v) is 1.49. The average molecular weight is 292 g/mol. The molecule has 0 unspecified atom stereocenters. The Labute approximate surface area is 106 Å². The summed E-state index contributed by atoms with van der Waals surface area (Å²) in [5, 5.41) is 8.61. The summed E-state index contributed by atoms with van der Waals surface area (Å²) in [6, 6.07) is 11.3. The van der Waals surface area contributed by atoms with E-state index in [9.17, 15) is 4.79 Å². The van der Waals surface area contributed by atoms with E-state index < -0.39 is 5.97 Å². The number of rotatable bonds is 2. The van der Waals surface area contributed by atoms with E-state index in [1.54, 1.807) is 30.3 Å². The van der Waals surface area contributed by atoms with Crippen LogP contribution in [0, 0.1) is 11.3 Å². The second kappa shape index (κ2) is 4.85. The average Bonchev–Trinajstić information content (AvgIpc) is 2.77. The molecule has 0 bridgehead atoms. The number of ether oxygens (including phenoxy) is 1. The SMILES string of the molecule is N#Cc1ccc(OC(=O)c2ccc(Br)o2)cc1. The molecule has 1 aromatic carbocycles. The van der Waals surface area contributed by atoms with E-state index >= 15 is 0 Å². The molecule has 5 heteroatoms. The van der Waals surface area contributed by atoms with Gasteiger partial charge in [-0.25, -0.2) is 4.79 Å². The number of hydrogen-bond donors (Lipinski definition) is 0. The van der Waals surface area contributed by atoms with Gasteiger partial charge in [-0.05, 0) is 52.3 Å². The fraction of sp³-hybridized carbons (Fsp3) is 0. The van der Waals surface area contributed by atoms with Crippen molar-refractivity contribution in [3.8, 4) is 11.8 Å². The highest BCUT2D eigenvalue weighted by Gasteiger charge is 2.12. The van der Waals surface area contributed by atoms with Crippen LogP contribution in [0.1, 0.15) is 16.1 Å². The Bertz CT molecular complexity index is 581. The van der Waals surface area contributed by atoms with Gasteiger partial charge in [0.2, 0.25) is 5.76 Å². The van der Waals surface area contributed by atoms with Crippen LogP contribution in [0.5, 0.6) is 5.75 Å². The van der Waals surface area contributed by atoms with E-state index in [1.807, 2.05) is 6.07 Å². The number of nitriles is 1. The first-order valence-corrected chi connectivity index (χ1v) is 5.46. The number of benzene rings is 1. The molecule has 2 rings (SSSR count). The standard InChI is InChI=1S/C12H6BrNO3/c13-11-6-5-10(17-11)12(15)16-9-3-1-8(7-14)2-4-9/h1-6H. The summed E-state index contributed by atoms with van der Waals surface area (Å²) in [7, 11) is 0. The molecule has 2 aromatic rings. The van der Waals surface area contributed by atoms with Crippen LogP contribution >= 0.6 is 15.9 Å². The Hall–Kier alpha value is -2.06. The molecule has 0 spiro atoms. The maximum Gasteiger partial charge on any atom is 0.379 e. The lowest BCUT2D eigenvalue weighted by molar-refractivity contribution is 0.0700. The fourth-order valence-electron chi connectivity index (χ4n) is 1.18. The molecule has 1 heterocycles. The lowest BCUT2D eigenvalue weighted by Gasteiger charge is -2.01. The van der Waals surface area contributed by atoms with Gasteiger partial charge in [-0.2, -0.15) is 5.26 Å². The molecule has 0 fully saturated rings. The molecule has 0 aliphatic heterocycles. The summed E-state index contributed by atoms with van der Waals surface area (Å²) in [6.45, 7) is 0. The van der Waals surface area contributed by atoms with Gasteiger partial charge in [0.1, 0.15) is 5.75 Å². The lowest BCUT2D eigenvalue weighted by Crippen LogP contribution is -2.06. The minimum absolute atomic E-state index is 0.112. The van der Waals surface area contributed by atoms with Crippen molar-refractivity contribution in [1.29, 1.82) is 5.26 Å². The van der Waals surface area contributed by atoms with Crippen molar-refractivity contribution < 1.29 is 13.9 Å². The number of furan rings is 1. The molecule has 1 aromatic heterocycles. The first kappa shape index (κ1) is 11.4. The van der Waals surface area contributed by atoms with Gasteiger partial charge in [0, 0.05) is 0 Å². The monoisotopic (exact) mass is 291 g/mol. The zero-order chi connectivity index (χ0) is 12.3. The van der Waals surface area contributed by atoms with Crippen LogP contribution in [-0.4, -0.2) is 5.97 Å². The summed E-state index contributed by atoms with van der Waals surface area (Å²) >= 11 is 3.09. The zero-order valence-corrected chi connectivity index (χ0v) is 10.1. The number of carbonyl (C=O) groups is 1. The summed E-state index contributed by atoms with van der Waals surface area (Å²) in [5.41, 5.74) is 0.505. The molecule has 0 aliphatic rings. The van der Waals surface area contributed by atoms with Gasteiger partial charge in [0.25, 0.3) is 0 Å². The topological polar surface area (TPSA) is 63.2 Å². The third-order valence-corrected chi connectivity index (χ3v) is 2.39. The third kappa shape index (κ3) is 2.74. The molecular weight excluding hydrogens is 286 g/mol. The maximum absolute atomic E-state index is 11.6. The van der Waals surface area contributed by atoms with Crippen LogP contribution in [0.25, 0.3) is 0 Å². The lowest BCUT2D eigenvalue weighted by atomic mass is 10.2. The van der Waals surface area contributed by atoms with Crippen molar-refractivity contribution in [2.75, 3.05) is 0 Å². The van der Waals surface area contributed by atoms with Crippen LogP contribution in [0.4, 0.5) is 0 Å². The number of nitrogens with zero attached hydrogens (tertiary/aromatic N) is 1. The minimum atomic E-state index is -0.583. The minimum Gasteiger partial charge on any atom is -0.442 e. The van der Waals surface area contributed by atoms with Crippen molar-refractivity contribution in [3.05, 3.63) is 52.4 Å². The van der Waals surface area contributed by atoms with E-state index in [0.717, 1.165) is 0 Å². The predicted molar refractivity (Wildman–Crippen MR) is 62.5 cm³/mol. The van der Waals surface area contributed by atoms with Crippen molar-refractivity contribution in [1.82, 2.24) is 0 Å². The molecule has 0 aliphatic carbocycles. The van der Waals surface area contributed by atoms with Crippen molar-refractivity contribution in [2.24, 2.45) is 0 Å². The number of halogens is 1. The predicted octanol–water partition coefficient (Wildman–Crippen LogP) is 3.13. The third-order valence-electron chi connectivity index (χ3n) is 1.97. The number of esters is 1. The van der Waals surface area contributed by atoms with Gasteiger partial charge in [-0.15, -0.1) is 0 Å². The first-order valence-electron chi connectivity index (χ1n) is 4.67. The van der Waals surface area contributed by atoms with Crippen LogP contribution in [0.3, 0.4) is 0 Å². The molecule has 84 valence electrons. The Morgan fingerprint density at radius 3 is 2.47 bits per heavy atom. The molecular formula is C12H6BrNO3. The van der Waals surface area contributed by atoms with E-state index in [-0.39, 0.29) is 5.76 Å². The van der Waals surface area contributed by atoms with E-state index in [0.29, 0.717) is 16.0 Å². The highest BCUT2D eigenvalue weighted by atomic mass is 79.9. The zero-order valence-electron chi connectivity index (χ0n) is 8.51. The first-order chi connectivity index (χ1) is 8.19. The van der Waals surface area contributed by atoms with Crippen LogP contribution in [0.15, 0.2) is 45.5 Å². The van der Waals surface area contributed by atoms with Gasteiger partial charge < -0.3 is 9.15 Å². The number of carbonyl (C=O) groups excluding carboxylic acids is 1. The van der Waals surface area contributed by atoms with Gasteiger partial charge in [0.15, 0.2) is 4.67 Å². The summed E-state index contributed by atoms with van der Waals surface area (Å²) in [6.07, 6.45) is 0. The Kier molecular flexibility index (Phi) is 3.26. The van der Waals surface area contributed by atoms with E-state index in [4.69, 9.17) is 14.4 Å². The van der Waals surface area contributed by atoms with E-state index in [2.05, 4.69) is 15.9 Å². The molecule has 0 atom stereocenters. The second-order valence-electron chi connectivity index (χ2n) is 3.13. The van der Waals surface area contributed by atoms with Gasteiger partial charge in [0.05, 0.1) is 11.6 Å². The molecule has 0 radical (unpaired) electrons. The van der Waals surface area contributed by atoms with Gasteiger partial charge in [-0.1, -0.05) is 0 Å². The van der Waals surface area contributed by atoms with Crippen LogP contribution < -0.4 is 4.74 Å². The van der Waals surface area contributed by atoms with Crippen molar-refractivity contribution in [2.45, 2.75) is 0 Å². The normalized spacial score (nSPS) is 9.65. The van der Waals surface area contributed by atoms with Crippen molar-refractivity contribution in [3.63, 3.8) is 0 Å². The highest BCUT2D eigenvalue weighted by Crippen LogP contribution is 2.17. The van der Waals surface area contributed by atoms with Crippen LogP contribution in [-0.2, 0) is 0 Å². The highest BCUT2D eigenvalue weighted by molar-refractivity contribution is 9.10. The quantitative estimate of drug-likeness (QED) is 0.630. The molecule has 17 heavy (non-hydrogen) atoms. The molecule has 0 saturated heterocycles. The Balaban J connectivity index is 2.11. The van der Waals surface area contributed by atoms with Gasteiger partial charge >= 0.3 is 5.97 Å². The number of hydrogen-bond acceptors (Lipinski definition) is 4. The summed E-state index contributed by atoms with van der Waals surface area (Å²) < 4.78 is 10.6. The Morgan fingerprint density at radius 1 is 1.24 bits per heavy atom. The van der Waals surface area contributed by atoms with E-state index in [1.165, 1.54) is 6.07 Å². The molecule has 4 nitrogen and oxygen atoms in total. The molecule has 0 saturated carbocycles. The molecule has 0 N–H and O–H groups in total. The Morgan fingerprint density at radius 2 is 1.94 bits per heavy atom. The van der Waals surface area contributed by atoms with Crippen molar-refractivity contribution >= 4 is 21.9 Å². The maximum atomic E-state index is 11.6. The van der Waals surface area contributed by atoms with Gasteiger partial charge in [-0.3, -0.25) is 0 Å². The second-order valence-corrected chi connectivity index (χ2v) is 3.91. The summed E-state index contributed by atoms with van der Waals surface area (Å²) in [5.74, 6) is -0.108. The van der Waals surface area contributed by atoms with Crippen LogP contribution in [0.2, 0.25) is 0 Å².